The van der Waals surface area contributed by atoms with Crippen LogP contribution < -0.4 is 0 Å². The molecule has 0 spiro atoms. The number of nitrogens with zero attached hydrogens (tertiary/aromatic N) is 3. The van der Waals surface area contributed by atoms with Gasteiger partial charge in [0.1, 0.15) is 5.69 Å². The molecule has 0 aliphatic heterocycles. The number of fused-ring (bicyclic) bond motifs is 1. The molecule has 0 atom stereocenters. The second-order valence-electron chi connectivity index (χ2n) is 5.44. The summed E-state index contributed by atoms with van der Waals surface area (Å²) in [5.74, 6) is 0.659. The predicted octanol–water partition coefficient (Wildman–Crippen LogP) is 4.67. The van der Waals surface area contributed by atoms with Gasteiger partial charge in [-0.15, -0.1) is 0 Å². The van der Waals surface area contributed by atoms with E-state index in [1.807, 2.05) is 61.5 Å². The van der Waals surface area contributed by atoms with E-state index >= 15 is 0 Å². The van der Waals surface area contributed by atoms with Crippen molar-refractivity contribution >= 4 is 10.9 Å². The van der Waals surface area contributed by atoms with Gasteiger partial charge in [0.2, 0.25) is 0 Å². The lowest BCUT2D eigenvalue weighted by atomic mass is 10.1. The number of aromatic nitrogens is 3. The maximum atomic E-state index is 4.81. The molecule has 3 heteroatoms. The minimum Gasteiger partial charge on any atom is -0.250 e. The lowest BCUT2D eigenvalue weighted by Gasteiger charge is -2.09. The quantitative estimate of drug-likeness (QED) is 0.540. The number of para-hydroxylation sites is 1. The first-order valence-electron chi connectivity index (χ1n) is 7.57. The third-order valence-corrected chi connectivity index (χ3v) is 3.77. The van der Waals surface area contributed by atoms with Crippen molar-refractivity contribution in [2.45, 2.75) is 6.92 Å². The van der Waals surface area contributed by atoms with Crippen LogP contribution in [0.25, 0.3) is 33.7 Å². The first-order chi connectivity index (χ1) is 11.3. The molecule has 0 unspecified atom stereocenters. The van der Waals surface area contributed by atoms with Crippen molar-refractivity contribution in [2.24, 2.45) is 0 Å². The van der Waals surface area contributed by atoms with Gasteiger partial charge in [-0.25, -0.2) is 15.0 Å². The summed E-state index contributed by atoms with van der Waals surface area (Å²) in [5.41, 5.74) is 4.71. The summed E-state index contributed by atoms with van der Waals surface area (Å²) >= 11 is 0. The molecule has 2 heterocycles. The fourth-order valence-electron chi connectivity index (χ4n) is 2.67. The standard InChI is InChI=1S/C20H15N3/c1-14-8-7-13-18(21-14)20-22-17-12-6-5-11-16(17)19(23-20)15-9-3-2-4-10-15/h2-13H,1H3. The molecule has 23 heavy (non-hydrogen) atoms. The summed E-state index contributed by atoms with van der Waals surface area (Å²) in [7, 11) is 0. The summed E-state index contributed by atoms with van der Waals surface area (Å²) in [6, 6.07) is 24.2. The van der Waals surface area contributed by atoms with E-state index in [0.717, 1.165) is 33.5 Å². The van der Waals surface area contributed by atoms with Gasteiger partial charge < -0.3 is 0 Å². The first-order valence-corrected chi connectivity index (χ1v) is 7.57. The maximum Gasteiger partial charge on any atom is 0.179 e. The summed E-state index contributed by atoms with van der Waals surface area (Å²) in [5, 5.41) is 1.05. The SMILES string of the molecule is Cc1cccc(-c2nc(-c3ccccc3)c3ccccc3n2)n1. The van der Waals surface area contributed by atoms with Gasteiger partial charge in [0.05, 0.1) is 11.2 Å². The summed E-state index contributed by atoms with van der Waals surface area (Å²) in [6.45, 7) is 1.97. The van der Waals surface area contributed by atoms with E-state index in [2.05, 4.69) is 23.2 Å². The third kappa shape index (κ3) is 2.57. The Labute approximate surface area is 134 Å². The largest absolute Gasteiger partial charge is 0.250 e. The third-order valence-electron chi connectivity index (χ3n) is 3.77. The van der Waals surface area contributed by atoms with Crippen LogP contribution in [0.2, 0.25) is 0 Å². The number of benzene rings is 2. The van der Waals surface area contributed by atoms with Crippen LogP contribution in [-0.2, 0) is 0 Å². The van der Waals surface area contributed by atoms with E-state index in [1.165, 1.54) is 0 Å². The molecule has 3 nitrogen and oxygen atoms in total. The molecule has 4 aromatic rings. The summed E-state index contributed by atoms with van der Waals surface area (Å²) in [4.78, 5) is 14.1. The zero-order valence-electron chi connectivity index (χ0n) is 12.8. The number of rotatable bonds is 2. The molecule has 0 aliphatic carbocycles. The zero-order chi connectivity index (χ0) is 15.6. The average molecular weight is 297 g/mol. The fourth-order valence-corrected chi connectivity index (χ4v) is 2.67. The van der Waals surface area contributed by atoms with Gasteiger partial charge in [-0.05, 0) is 25.1 Å². The molecular formula is C20H15N3. The van der Waals surface area contributed by atoms with E-state index in [-0.39, 0.29) is 0 Å². The summed E-state index contributed by atoms with van der Waals surface area (Å²) < 4.78 is 0. The van der Waals surface area contributed by atoms with Crippen molar-refractivity contribution in [3.05, 3.63) is 78.5 Å². The van der Waals surface area contributed by atoms with Crippen molar-refractivity contribution in [3.8, 4) is 22.8 Å². The van der Waals surface area contributed by atoms with Gasteiger partial charge in [0.25, 0.3) is 0 Å². The highest BCUT2D eigenvalue weighted by molar-refractivity contribution is 5.93. The van der Waals surface area contributed by atoms with Crippen LogP contribution in [0, 0.1) is 6.92 Å². The van der Waals surface area contributed by atoms with Crippen molar-refractivity contribution in [3.63, 3.8) is 0 Å². The number of aryl methyl sites for hydroxylation is 1. The van der Waals surface area contributed by atoms with Crippen LogP contribution in [0.5, 0.6) is 0 Å². The monoisotopic (exact) mass is 297 g/mol. The van der Waals surface area contributed by atoms with E-state index in [1.54, 1.807) is 0 Å². The van der Waals surface area contributed by atoms with Crippen LogP contribution in [0.3, 0.4) is 0 Å². The van der Waals surface area contributed by atoms with Crippen molar-refractivity contribution in [1.29, 1.82) is 0 Å². The predicted molar refractivity (Wildman–Crippen MR) is 92.9 cm³/mol. The molecule has 2 aromatic heterocycles. The molecular weight excluding hydrogens is 282 g/mol. The van der Waals surface area contributed by atoms with Crippen molar-refractivity contribution in [2.75, 3.05) is 0 Å². The van der Waals surface area contributed by atoms with E-state index < -0.39 is 0 Å². The smallest absolute Gasteiger partial charge is 0.179 e. The Morgan fingerprint density at radius 2 is 1.43 bits per heavy atom. The minimum absolute atomic E-state index is 0.659. The van der Waals surface area contributed by atoms with Crippen LogP contribution in [0.4, 0.5) is 0 Å². The lowest BCUT2D eigenvalue weighted by Crippen LogP contribution is -1.97. The Balaban J connectivity index is 2.01. The highest BCUT2D eigenvalue weighted by Gasteiger charge is 2.11. The van der Waals surface area contributed by atoms with Crippen molar-refractivity contribution in [1.82, 2.24) is 15.0 Å². The Bertz CT molecular complexity index is 978. The molecule has 0 saturated heterocycles. The van der Waals surface area contributed by atoms with Gasteiger partial charge in [-0.3, -0.25) is 0 Å². The van der Waals surface area contributed by atoms with Gasteiger partial charge in [-0.2, -0.15) is 0 Å². The fraction of sp³-hybridized carbons (Fsp3) is 0.0500. The lowest BCUT2D eigenvalue weighted by molar-refractivity contribution is 1.14. The summed E-state index contributed by atoms with van der Waals surface area (Å²) in [6.07, 6.45) is 0. The van der Waals surface area contributed by atoms with Crippen LogP contribution in [0.15, 0.2) is 72.8 Å². The zero-order valence-corrected chi connectivity index (χ0v) is 12.8. The van der Waals surface area contributed by atoms with Gasteiger partial charge >= 0.3 is 0 Å². The number of hydrogen-bond donors (Lipinski definition) is 0. The van der Waals surface area contributed by atoms with Gasteiger partial charge in [-0.1, -0.05) is 54.6 Å². The Morgan fingerprint density at radius 1 is 0.652 bits per heavy atom. The second kappa shape index (κ2) is 5.61. The van der Waals surface area contributed by atoms with Crippen LogP contribution in [-0.4, -0.2) is 15.0 Å². The molecule has 0 N–H and O–H groups in total. The highest BCUT2D eigenvalue weighted by atomic mass is 14.9. The molecule has 0 radical (unpaired) electrons. The Morgan fingerprint density at radius 3 is 2.26 bits per heavy atom. The van der Waals surface area contributed by atoms with Gasteiger partial charge in [0.15, 0.2) is 5.82 Å². The normalized spacial score (nSPS) is 10.8. The Kier molecular flexibility index (Phi) is 3.31. The molecule has 0 saturated carbocycles. The van der Waals surface area contributed by atoms with E-state index in [9.17, 15) is 0 Å². The topological polar surface area (TPSA) is 38.7 Å². The molecule has 4 rings (SSSR count). The van der Waals surface area contributed by atoms with Crippen LogP contribution in [0.1, 0.15) is 5.69 Å². The highest BCUT2D eigenvalue weighted by Crippen LogP contribution is 2.28. The molecule has 0 fully saturated rings. The number of hydrogen-bond acceptors (Lipinski definition) is 3. The maximum absolute atomic E-state index is 4.81. The molecule has 0 bridgehead atoms. The van der Waals surface area contributed by atoms with Gasteiger partial charge in [0, 0.05) is 16.6 Å². The first kappa shape index (κ1) is 13.6. The van der Waals surface area contributed by atoms with Crippen LogP contribution >= 0.6 is 0 Å². The molecule has 0 amide bonds. The number of pyridine rings is 1. The second-order valence-corrected chi connectivity index (χ2v) is 5.44. The Hall–Kier alpha value is -3.07. The molecule has 110 valence electrons. The molecule has 0 aliphatic rings. The molecule has 2 aromatic carbocycles. The van der Waals surface area contributed by atoms with E-state index in [4.69, 9.17) is 9.97 Å². The minimum atomic E-state index is 0.659. The van der Waals surface area contributed by atoms with Crippen molar-refractivity contribution < 1.29 is 0 Å². The average Bonchev–Trinajstić information content (AvgIpc) is 2.61. The van der Waals surface area contributed by atoms with E-state index in [0.29, 0.717) is 5.82 Å².